The van der Waals surface area contributed by atoms with E-state index in [1.54, 1.807) is 19.1 Å². The van der Waals surface area contributed by atoms with E-state index >= 15 is 0 Å². The van der Waals surface area contributed by atoms with Gasteiger partial charge in [-0.3, -0.25) is 14.6 Å². The molecule has 0 aliphatic heterocycles. The molecular formula is C14H17N3O4. The van der Waals surface area contributed by atoms with Gasteiger partial charge in [0.25, 0.3) is 5.91 Å². The summed E-state index contributed by atoms with van der Waals surface area (Å²) in [5.41, 5.74) is 5.39. The largest absolute Gasteiger partial charge is 0.463 e. The van der Waals surface area contributed by atoms with Crippen LogP contribution in [0.4, 0.5) is 0 Å². The van der Waals surface area contributed by atoms with Crippen molar-refractivity contribution in [3.8, 4) is 0 Å². The summed E-state index contributed by atoms with van der Waals surface area (Å²) < 4.78 is 4.70. The van der Waals surface area contributed by atoms with Gasteiger partial charge in [-0.1, -0.05) is 12.1 Å². The second-order valence-electron chi connectivity index (χ2n) is 4.03. The molecule has 3 N–H and O–H groups in total. The van der Waals surface area contributed by atoms with Crippen LogP contribution in [0.5, 0.6) is 0 Å². The van der Waals surface area contributed by atoms with Crippen molar-refractivity contribution in [2.45, 2.75) is 19.4 Å². The molecule has 0 unspecified atom stereocenters. The first-order valence-corrected chi connectivity index (χ1v) is 6.39. The van der Waals surface area contributed by atoms with Crippen LogP contribution in [0.1, 0.15) is 23.8 Å². The number of rotatable bonds is 7. The van der Waals surface area contributed by atoms with E-state index in [4.69, 9.17) is 10.5 Å². The Morgan fingerprint density at radius 1 is 1.43 bits per heavy atom. The van der Waals surface area contributed by atoms with Crippen LogP contribution < -0.4 is 11.1 Å². The van der Waals surface area contributed by atoms with E-state index < -0.39 is 23.8 Å². The van der Waals surface area contributed by atoms with Gasteiger partial charge in [-0.15, -0.1) is 0 Å². The number of amides is 2. The lowest BCUT2D eigenvalue weighted by molar-refractivity contribution is -0.137. The van der Waals surface area contributed by atoms with Crippen molar-refractivity contribution in [2.75, 3.05) is 6.61 Å². The van der Waals surface area contributed by atoms with Crippen LogP contribution in [-0.4, -0.2) is 35.4 Å². The molecule has 0 spiro atoms. The smallest absolute Gasteiger partial charge is 0.330 e. The van der Waals surface area contributed by atoms with Crippen LogP contribution in [0.15, 0.2) is 36.5 Å². The number of aromatic nitrogens is 1. The minimum Gasteiger partial charge on any atom is -0.463 e. The highest BCUT2D eigenvalue weighted by Crippen LogP contribution is 1.99. The molecule has 2 amide bonds. The van der Waals surface area contributed by atoms with Gasteiger partial charge in [0.05, 0.1) is 6.61 Å². The average Bonchev–Trinajstić information content (AvgIpc) is 2.47. The van der Waals surface area contributed by atoms with E-state index in [2.05, 4.69) is 10.3 Å². The number of hydrogen-bond donors (Lipinski definition) is 2. The molecule has 0 saturated carbocycles. The minimum absolute atomic E-state index is 0.0900. The predicted octanol–water partition coefficient (Wildman–Crippen LogP) is 0.175. The molecule has 7 heteroatoms. The van der Waals surface area contributed by atoms with Gasteiger partial charge in [0.2, 0.25) is 5.91 Å². The van der Waals surface area contributed by atoms with Gasteiger partial charge < -0.3 is 15.8 Å². The number of primary amides is 1. The summed E-state index contributed by atoms with van der Waals surface area (Å²) in [6.07, 6.45) is 4.17. The van der Waals surface area contributed by atoms with Crippen LogP contribution in [0.2, 0.25) is 0 Å². The molecule has 0 fully saturated rings. The van der Waals surface area contributed by atoms with Crippen molar-refractivity contribution in [1.82, 2.24) is 10.3 Å². The van der Waals surface area contributed by atoms with Crippen LogP contribution in [0.25, 0.3) is 0 Å². The highest BCUT2D eigenvalue weighted by Gasteiger charge is 2.18. The number of ether oxygens (including phenoxy) is 1. The summed E-state index contributed by atoms with van der Waals surface area (Å²) in [6.45, 7) is 1.95. The Morgan fingerprint density at radius 2 is 2.19 bits per heavy atom. The van der Waals surface area contributed by atoms with Gasteiger partial charge in [-0.2, -0.15) is 0 Å². The molecule has 0 bridgehead atoms. The lowest BCUT2D eigenvalue weighted by atomic mass is 10.1. The third-order valence-corrected chi connectivity index (χ3v) is 2.46. The fourth-order valence-electron chi connectivity index (χ4n) is 1.47. The molecule has 1 aromatic heterocycles. The lowest BCUT2D eigenvalue weighted by Gasteiger charge is -2.13. The van der Waals surface area contributed by atoms with Gasteiger partial charge in [0.1, 0.15) is 11.7 Å². The van der Waals surface area contributed by atoms with Crippen molar-refractivity contribution in [2.24, 2.45) is 5.73 Å². The van der Waals surface area contributed by atoms with E-state index in [-0.39, 0.29) is 18.7 Å². The fourth-order valence-corrected chi connectivity index (χ4v) is 1.47. The predicted molar refractivity (Wildman–Crippen MR) is 75.1 cm³/mol. The van der Waals surface area contributed by atoms with Crippen molar-refractivity contribution in [3.05, 3.63) is 42.2 Å². The Labute approximate surface area is 122 Å². The van der Waals surface area contributed by atoms with Gasteiger partial charge in [0, 0.05) is 12.3 Å². The fraction of sp³-hybridized carbons (Fsp3) is 0.286. The molecule has 0 aromatic carbocycles. The first-order chi connectivity index (χ1) is 10.0. The summed E-state index contributed by atoms with van der Waals surface area (Å²) in [6, 6.07) is 3.92. The maximum Gasteiger partial charge on any atom is 0.330 e. The highest BCUT2D eigenvalue weighted by molar-refractivity contribution is 5.95. The normalized spacial score (nSPS) is 11.9. The number of esters is 1. The van der Waals surface area contributed by atoms with Crippen LogP contribution in [0, 0.1) is 0 Å². The number of nitrogens with zero attached hydrogens (tertiary/aromatic N) is 1. The lowest BCUT2D eigenvalue weighted by Crippen LogP contribution is -2.44. The van der Waals surface area contributed by atoms with Gasteiger partial charge in [-0.25, -0.2) is 4.79 Å². The Balaban J connectivity index is 2.60. The zero-order valence-electron chi connectivity index (χ0n) is 11.6. The van der Waals surface area contributed by atoms with E-state index in [0.29, 0.717) is 0 Å². The summed E-state index contributed by atoms with van der Waals surface area (Å²) in [7, 11) is 0. The molecule has 0 saturated heterocycles. The van der Waals surface area contributed by atoms with Crippen LogP contribution in [0.3, 0.4) is 0 Å². The van der Waals surface area contributed by atoms with E-state index in [1.165, 1.54) is 24.4 Å². The SMILES string of the molecule is CCOC(=O)/C=C/C[C@H](NC(=O)c1ccccn1)C(N)=O. The van der Waals surface area contributed by atoms with E-state index in [1.807, 2.05) is 0 Å². The van der Waals surface area contributed by atoms with Crippen molar-refractivity contribution in [3.63, 3.8) is 0 Å². The summed E-state index contributed by atoms with van der Waals surface area (Å²) in [5, 5.41) is 2.46. The minimum atomic E-state index is -0.926. The third kappa shape index (κ3) is 5.85. The number of nitrogens with two attached hydrogens (primary N) is 1. The summed E-state index contributed by atoms with van der Waals surface area (Å²) >= 11 is 0. The zero-order valence-corrected chi connectivity index (χ0v) is 11.6. The first kappa shape index (κ1) is 16.4. The quantitative estimate of drug-likeness (QED) is 0.549. The molecule has 0 aliphatic rings. The van der Waals surface area contributed by atoms with Gasteiger partial charge in [0.15, 0.2) is 0 Å². The Kier molecular flexibility index (Phi) is 6.59. The Morgan fingerprint density at radius 3 is 2.76 bits per heavy atom. The Bertz CT molecular complexity index is 528. The standard InChI is InChI=1S/C14H17N3O4/c1-2-21-12(18)8-5-7-10(13(15)19)17-14(20)11-6-3-4-9-16-11/h3-6,8-10H,2,7H2,1H3,(H2,15,19)(H,17,20)/b8-5+/t10-/m0/s1. The molecule has 1 heterocycles. The number of hydrogen-bond acceptors (Lipinski definition) is 5. The maximum absolute atomic E-state index is 11.9. The monoisotopic (exact) mass is 291 g/mol. The molecule has 1 rings (SSSR count). The average molecular weight is 291 g/mol. The molecule has 1 aromatic rings. The second-order valence-corrected chi connectivity index (χ2v) is 4.03. The van der Waals surface area contributed by atoms with Gasteiger partial charge >= 0.3 is 5.97 Å². The number of carbonyl (C=O) groups excluding carboxylic acids is 3. The Hall–Kier alpha value is -2.70. The number of pyridine rings is 1. The molecule has 21 heavy (non-hydrogen) atoms. The molecule has 112 valence electrons. The molecule has 7 nitrogen and oxygen atoms in total. The van der Waals surface area contributed by atoms with E-state index in [0.717, 1.165) is 0 Å². The van der Waals surface area contributed by atoms with E-state index in [9.17, 15) is 14.4 Å². The van der Waals surface area contributed by atoms with Crippen LogP contribution >= 0.6 is 0 Å². The molecule has 0 aliphatic carbocycles. The zero-order chi connectivity index (χ0) is 15.7. The number of carbonyl (C=O) groups is 3. The molecular weight excluding hydrogens is 274 g/mol. The topological polar surface area (TPSA) is 111 Å². The summed E-state index contributed by atoms with van der Waals surface area (Å²) in [5.74, 6) is -1.73. The first-order valence-electron chi connectivity index (χ1n) is 6.39. The molecule has 1 atom stereocenters. The van der Waals surface area contributed by atoms with Gasteiger partial charge in [-0.05, 0) is 25.5 Å². The summed E-state index contributed by atoms with van der Waals surface area (Å²) in [4.78, 5) is 38.1. The second kappa shape index (κ2) is 8.47. The van der Waals surface area contributed by atoms with Crippen LogP contribution in [-0.2, 0) is 14.3 Å². The third-order valence-electron chi connectivity index (χ3n) is 2.46. The van der Waals surface area contributed by atoms with Crippen molar-refractivity contribution >= 4 is 17.8 Å². The molecule has 0 radical (unpaired) electrons. The number of nitrogens with one attached hydrogen (secondary N) is 1. The maximum atomic E-state index is 11.9. The highest BCUT2D eigenvalue weighted by atomic mass is 16.5. The van der Waals surface area contributed by atoms with Crippen molar-refractivity contribution < 1.29 is 19.1 Å². The van der Waals surface area contributed by atoms with Crippen molar-refractivity contribution in [1.29, 1.82) is 0 Å².